The predicted octanol–water partition coefficient (Wildman–Crippen LogP) is 3.60. The fraction of sp³-hybridized carbons (Fsp3) is 0.533. The lowest BCUT2D eigenvalue weighted by molar-refractivity contribution is -0.138. The van der Waals surface area contributed by atoms with Gasteiger partial charge in [-0.05, 0) is 68.8 Å². The van der Waals surface area contributed by atoms with Crippen LogP contribution in [0.5, 0.6) is 5.75 Å². The number of aliphatic hydroxyl groups excluding tert-OH is 1. The Kier molecular flexibility index (Phi) is 7.58. The number of rotatable bonds is 5. The molecular formula is C15H17Br4NO4. The molecule has 0 bridgehead atoms. The van der Waals surface area contributed by atoms with E-state index in [-0.39, 0.29) is 22.2 Å². The molecular weight excluding hydrogens is 578 g/mol. The number of hydrogen-bond donors (Lipinski definition) is 3. The van der Waals surface area contributed by atoms with Gasteiger partial charge in [0.05, 0.1) is 15.0 Å². The molecule has 1 fully saturated rings. The van der Waals surface area contributed by atoms with E-state index < -0.39 is 18.1 Å². The minimum absolute atomic E-state index is 0.0361. The summed E-state index contributed by atoms with van der Waals surface area (Å²) in [6.07, 6.45) is 1.11. The highest BCUT2D eigenvalue weighted by atomic mass is 79.9. The van der Waals surface area contributed by atoms with E-state index in [0.717, 1.165) is 14.5 Å². The minimum Gasteiger partial charge on any atom is -0.488 e. The lowest BCUT2D eigenvalue weighted by atomic mass is 9.95. The maximum Gasteiger partial charge on any atom is 0.320 e. The Morgan fingerprint density at radius 3 is 2.21 bits per heavy atom. The minimum atomic E-state index is -1.03. The number of hydrogen-bond acceptors (Lipinski definition) is 4. The molecule has 3 unspecified atom stereocenters. The van der Waals surface area contributed by atoms with E-state index in [1.54, 1.807) is 0 Å². The maximum absolute atomic E-state index is 10.9. The average Bonchev–Trinajstić information content (AvgIpc) is 2.48. The third-order valence-electron chi connectivity index (χ3n) is 3.83. The van der Waals surface area contributed by atoms with Crippen molar-refractivity contribution in [2.75, 3.05) is 0 Å². The fourth-order valence-electron chi connectivity index (χ4n) is 2.55. The number of ether oxygens (including phenoxy) is 1. The summed E-state index contributed by atoms with van der Waals surface area (Å²) in [5.74, 6) is -0.376. The van der Waals surface area contributed by atoms with Gasteiger partial charge in [-0.3, -0.25) is 4.79 Å². The van der Waals surface area contributed by atoms with Crippen molar-refractivity contribution in [1.82, 2.24) is 0 Å². The van der Waals surface area contributed by atoms with Crippen LogP contribution in [0.25, 0.3) is 0 Å². The SMILES string of the molecule is NC(Cc1cc(Br)c(OC2CC(Br)C(O)C(Br)C2)c(Br)c1)C(=O)O. The summed E-state index contributed by atoms with van der Waals surface area (Å²) in [5.41, 5.74) is 6.38. The second kappa shape index (κ2) is 8.81. The lowest BCUT2D eigenvalue weighted by Crippen LogP contribution is -2.42. The van der Waals surface area contributed by atoms with E-state index in [4.69, 9.17) is 15.6 Å². The Hall–Kier alpha value is 0.330. The Morgan fingerprint density at radius 1 is 1.25 bits per heavy atom. The normalized spacial score (nSPS) is 28.4. The van der Waals surface area contributed by atoms with Crippen molar-refractivity contribution in [1.29, 1.82) is 0 Å². The first kappa shape index (κ1) is 20.6. The number of carboxylic acid groups (broad SMARTS) is 1. The first-order chi connectivity index (χ1) is 11.2. The quantitative estimate of drug-likeness (QED) is 0.453. The molecule has 5 nitrogen and oxygen atoms in total. The molecule has 0 aliphatic heterocycles. The summed E-state index contributed by atoms with van der Waals surface area (Å²) >= 11 is 13.9. The van der Waals surface area contributed by atoms with Gasteiger partial charge in [-0.25, -0.2) is 0 Å². The predicted molar refractivity (Wildman–Crippen MR) is 106 cm³/mol. The van der Waals surface area contributed by atoms with Crippen LogP contribution in [0, 0.1) is 0 Å². The number of aliphatic hydroxyl groups is 1. The maximum atomic E-state index is 10.9. The van der Waals surface area contributed by atoms with E-state index in [9.17, 15) is 9.90 Å². The van der Waals surface area contributed by atoms with Gasteiger partial charge < -0.3 is 20.7 Å². The van der Waals surface area contributed by atoms with Crippen molar-refractivity contribution in [3.63, 3.8) is 0 Å². The lowest BCUT2D eigenvalue weighted by Gasteiger charge is -2.34. The molecule has 0 aromatic heterocycles. The first-order valence-corrected chi connectivity index (χ1v) is 10.7. The highest BCUT2D eigenvalue weighted by Gasteiger charge is 2.35. The van der Waals surface area contributed by atoms with Crippen LogP contribution in [0.15, 0.2) is 21.1 Å². The standard InChI is InChI=1S/C15H17Br4NO4/c16-8-4-7(5-9(17)13(8)21)24-14-10(18)1-6(2-11(14)19)3-12(20)15(22)23/h1-2,7-9,12-13,21H,3-5,20H2,(H,22,23). The van der Waals surface area contributed by atoms with Gasteiger partial charge in [-0.15, -0.1) is 0 Å². The first-order valence-electron chi connectivity index (χ1n) is 7.28. The molecule has 0 spiro atoms. The molecule has 1 aromatic rings. The van der Waals surface area contributed by atoms with Crippen molar-refractivity contribution < 1.29 is 19.7 Å². The number of halogens is 4. The molecule has 0 heterocycles. The number of aliphatic carboxylic acids is 1. The van der Waals surface area contributed by atoms with E-state index in [0.29, 0.717) is 18.6 Å². The van der Waals surface area contributed by atoms with Gasteiger partial charge in [0, 0.05) is 9.65 Å². The molecule has 0 saturated heterocycles. The van der Waals surface area contributed by atoms with Gasteiger partial charge in [-0.2, -0.15) is 0 Å². The van der Waals surface area contributed by atoms with Crippen molar-refractivity contribution >= 4 is 69.7 Å². The van der Waals surface area contributed by atoms with Crippen LogP contribution >= 0.6 is 63.7 Å². The second-order valence-corrected chi connectivity index (χ2v) is 9.83. The summed E-state index contributed by atoms with van der Waals surface area (Å²) in [6, 6.07) is 2.69. The van der Waals surface area contributed by atoms with Gasteiger partial charge in [0.15, 0.2) is 0 Å². The van der Waals surface area contributed by atoms with Crippen LogP contribution in [0.2, 0.25) is 0 Å². The summed E-state index contributed by atoms with van der Waals surface area (Å²) in [6.45, 7) is 0. The molecule has 134 valence electrons. The van der Waals surface area contributed by atoms with Crippen LogP contribution in [0.1, 0.15) is 18.4 Å². The molecule has 4 N–H and O–H groups in total. The number of alkyl halides is 2. The van der Waals surface area contributed by atoms with Gasteiger partial charge in [0.25, 0.3) is 0 Å². The Balaban J connectivity index is 2.12. The second-order valence-electron chi connectivity index (χ2n) is 5.77. The Morgan fingerprint density at radius 2 is 1.75 bits per heavy atom. The zero-order chi connectivity index (χ0) is 18.0. The third-order valence-corrected chi connectivity index (χ3v) is 6.84. The largest absolute Gasteiger partial charge is 0.488 e. The van der Waals surface area contributed by atoms with Crippen LogP contribution in [0.3, 0.4) is 0 Å². The van der Waals surface area contributed by atoms with E-state index >= 15 is 0 Å². The zero-order valence-electron chi connectivity index (χ0n) is 12.5. The van der Waals surface area contributed by atoms with Crippen LogP contribution in [-0.2, 0) is 11.2 Å². The molecule has 1 saturated carbocycles. The van der Waals surface area contributed by atoms with Crippen LogP contribution in [-0.4, -0.2) is 44.1 Å². The molecule has 1 aromatic carbocycles. The van der Waals surface area contributed by atoms with E-state index in [1.165, 1.54) is 0 Å². The number of nitrogens with two attached hydrogens (primary N) is 1. The molecule has 1 aliphatic carbocycles. The molecule has 9 heteroatoms. The van der Waals surface area contributed by atoms with Gasteiger partial charge in [-0.1, -0.05) is 31.9 Å². The smallest absolute Gasteiger partial charge is 0.320 e. The summed E-state index contributed by atoms with van der Waals surface area (Å²) in [7, 11) is 0. The van der Waals surface area contributed by atoms with Crippen LogP contribution in [0.4, 0.5) is 0 Å². The van der Waals surface area contributed by atoms with Crippen LogP contribution < -0.4 is 10.5 Å². The highest BCUT2D eigenvalue weighted by molar-refractivity contribution is 9.11. The van der Waals surface area contributed by atoms with E-state index in [1.807, 2.05) is 12.1 Å². The van der Waals surface area contributed by atoms with Crippen molar-refractivity contribution in [3.8, 4) is 5.75 Å². The molecule has 1 aliphatic rings. The number of benzene rings is 1. The van der Waals surface area contributed by atoms with E-state index in [2.05, 4.69) is 63.7 Å². The average molecular weight is 595 g/mol. The molecule has 3 atom stereocenters. The Bertz CT molecular complexity index is 580. The fourth-order valence-corrected chi connectivity index (χ4v) is 6.00. The summed E-state index contributed by atoms with van der Waals surface area (Å²) in [4.78, 5) is 10.8. The summed E-state index contributed by atoms with van der Waals surface area (Å²) in [5, 5.41) is 18.9. The highest BCUT2D eigenvalue weighted by Crippen LogP contribution is 2.39. The topological polar surface area (TPSA) is 92.8 Å². The van der Waals surface area contributed by atoms with Gasteiger partial charge >= 0.3 is 5.97 Å². The zero-order valence-corrected chi connectivity index (χ0v) is 18.8. The number of carbonyl (C=O) groups is 1. The Labute approximate surface area is 173 Å². The molecule has 2 rings (SSSR count). The van der Waals surface area contributed by atoms with Crippen molar-refractivity contribution in [2.24, 2.45) is 5.73 Å². The summed E-state index contributed by atoms with van der Waals surface area (Å²) < 4.78 is 7.56. The monoisotopic (exact) mass is 591 g/mol. The van der Waals surface area contributed by atoms with Crippen molar-refractivity contribution in [2.45, 2.75) is 47.2 Å². The molecule has 0 radical (unpaired) electrons. The molecule has 0 amide bonds. The van der Waals surface area contributed by atoms with Crippen molar-refractivity contribution in [3.05, 3.63) is 26.6 Å². The molecule has 24 heavy (non-hydrogen) atoms. The number of carboxylic acids is 1. The van der Waals surface area contributed by atoms with Gasteiger partial charge in [0.2, 0.25) is 0 Å². The third kappa shape index (κ3) is 5.17. The van der Waals surface area contributed by atoms with Gasteiger partial charge in [0.1, 0.15) is 17.9 Å².